The Kier molecular flexibility index (Phi) is 4.68. The minimum Gasteiger partial charge on any atom is -0.468 e. The molecule has 2 heterocycles. The second-order valence-electron chi connectivity index (χ2n) is 4.33. The maximum atomic E-state index is 11.7. The van der Waals surface area contributed by atoms with Crippen molar-refractivity contribution >= 4 is 17.6 Å². The first kappa shape index (κ1) is 14.2. The summed E-state index contributed by atoms with van der Waals surface area (Å²) < 4.78 is 10.1. The van der Waals surface area contributed by atoms with Crippen molar-refractivity contribution in [3.63, 3.8) is 0 Å². The molecule has 0 aromatic carbocycles. The van der Waals surface area contributed by atoms with Crippen LogP contribution in [0.2, 0.25) is 5.15 Å². The number of aryl methyl sites for hydroxylation is 1. The fourth-order valence-electron chi connectivity index (χ4n) is 2.02. The highest BCUT2D eigenvalue weighted by Gasteiger charge is 2.30. The average Bonchev–Trinajstić information content (AvgIpc) is 2.37. The minimum atomic E-state index is -0.415. The standard InChI is InChI=1S/C12H16ClN3O3/c1-8-5-10(13)15-11(14-8)6-16-3-4-19-7-9(16)12(17)18-2/h5,9H,3-4,6-7H2,1-2H3. The van der Waals surface area contributed by atoms with Crippen LogP contribution in [0.3, 0.4) is 0 Å². The van der Waals surface area contributed by atoms with Crippen molar-refractivity contribution in [2.45, 2.75) is 19.5 Å². The van der Waals surface area contributed by atoms with Crippen LogP contribution in [0.1, 0.15) is 11.5 Å². The van der Waals surface area contributed by atoms with Crippen LogP contribution < -0.4 is 0 Å². The van der Waals surface area contributed by atoms with E-state index in [2.05, 4.69) is 9.97 Å². The first-order valence-corrected chi connectivity index (χ1v) is 6.37. The molecule has 1 aromatic heterocycles. The molecule has 0 radical (unpaired) electrons. The highest BCUT2D eigenvalue weighted by molar-refractivity contribution is 6.29. The van der Waals surface area contributed by atoms with Crippen LogP contribution in [0.25, 0.3) is 0 Å². The van der Waals surface area contributed by atoms with Gasteiger partial charge in [0.2, 0.25) is 0 Å². The van der Waals surface area contributed by atoms with Gasteiger partial charge in [-0.1, -0.05) is 11.6 Å². The third-order valence-electron chi connectivity index (χ3n) is 2.93. The molecule has 1 atom stereocenters. The number of carbonyl (C=O) groups excluding carboxylic acids is 1. The molecule has 0 saturated carbocycles. The molecular weight excluding hydrogens is 270 g/mol. The van der Waals surface area contributed by atoms with Gasteiger partial charge in [0.15, 0.2) is 0 Å². The number of hydrogen-bond acceptors (Lipinski definition) is 6. The molecule has 0 N–H and O–H groups in total. The van der Waals surface area contributed by atoms with E-state index in [0.29, 0.717) is 37.3 Å². The number of ether oxygens (including phenoxy) is 2. The van der Waals surface area contributed by atoms with Crippen molar-refractivity contribution in [3.05, 3.63) is 22.7 Å². The van der Waals surface area contributed by atoms with E-state index in [1.807, 2.05) is 11.8 Å². The Balaban J connectivity index is 2.12. The number of carbonyl (C=O) groups is 1. The summed E-state index contributed by atoms with van der Waals surface area (Å²) in [6.45, 7) is 3.84. The van der Waals surface area contributed by atoms with Crippen LogP contribution in [0.15, 0.2) is 6.07 Å². The van der Waals surface area contributed by atoms with E-state index in [1.165, 1.54) is 7.11 Å². The Labute approximate surface area is 116 Å². The van der Waals surface area contributed by atoms with Gasteiger partial charge in [0.25, 0.3) is 0 Å². The van der Waals surface area contributed by atoms with Crippen molar-refractivity contribution < 1.29 is 14.3 Å². The number of aromatic nitrogens is 2. The lowest BCUT2D eigenvalue weighted by molar-refractivity contribution is -0.153. The van der Waals surface area contributed by atoms with Gasteiger partial charge in [-0.25, -0.2) is 9.97 Å². The summed E-state index contributed by atoms with van der Waals surface area (Å²) in [5.41, 5.74) is 0.804. The number of halogens is 1. The zero-order valence-corrected chi connectivity index (χ0v) is 11.7. The largest absolute Gasteiger partial charge is 0.468 e. The summed E-state index contributed by atoms with van der Waals surface area (Å²) in [6, 6.07) is 1.28. The molecule has 6 nitrogen and oxygen atoms in total. The smallest absolute Gasteiger partial charge is 0.325 e. The average molecular weight is 286 g/mol. The first-order valence-electron chi connectivity index (χ1n) is 6.00. The highest BCUT2D eigenvalue weighted by Crippen LogP contribution is 2.13. The van der Waals surface area contributed by atoms with Gasteiger partial charge in [-0.2, -0.15) is 0 Å². The van der Waals surface area contributed by atoms with Crippen LogP contribution in [0.5, 0.6) is 0 Å². The molecular formula is C12H16ClN3O3. The monoisotopic (exact) mass is 285 g/mol. The predicted molar refractivity (Wildman–Crippen MR) is 68.8 cm³/mol. The lowest BCUT2D eigenvalue weighted by Crippen LogP contribution is -2.50. The Morgan fingerprint density at radius 1 is 1.63 bits per heavy atom. The van der Waals surface area contributed by atoms with Crippen LogP contribution in [-0.4, -0.2) is 53.7 Å². The number of rotatable bonds is 3. The molecule has 0 bridgehead atoms. The predicted octanol–water partition coefficient (Wildman–Crippen LogP) is 0.812. The van der Waals surface area contributed by atoms with E-state index in [4.69, 9.17) is 21.1 Å². The van der Waals surface area contributed by atoms with Gasteiger partial charge in [-0.15, -0.1) is 0 Å². The van der Waals surface area contributed by atoms with Crippen molar-refractivity contribution in [2.75, 3.05) is 26.9 Å². The van der Waals surface area contributed by atoms with Crippen molar-refractivity contribution in [2.24, 2.45) is 0 Å². The van der Waals surface area contributed by atoms with Gasteiger partial charge in [0, 0.05) is 12.2 Å². The topological polar surface area (TPSA) is 64.6 Å². The Morgan fingerprint density at radius 3 is 3.11 bits per heavy atom. The quantitative estimate of drug-likeness (QED) is 0.605. The van der Waals surface area contributed by atoms with E-state index >= 15 is 0 Å². The van der Waals surface area contributed by atoms with Crippen molar-refractivity contribution in [1.29, 1.82) is 0 Å². The fraction of sp³-hybridized carbons (Fsp3) is 0.583. The van der Waals surface area contributed by atoms with Gasteiger partial charge >= 0.3 is 5.97 Å². The van der Waals surface area contributed by atoms with Crippen LogP contribution in [-0.2, 0) is 20.8 Å². The number of esters is 1. The summed E-state index contributed by atoms with van der Waals surface area (Å²) in [4.78, 5) is 22.1. The summed E-state index contributed by atoms with van der Waals surface area (Å²) in [5.74, 6) is 0.291. The first-order chi connectivity index (χ1) is 9.10. The van der Waals surface area contributed by atoms with Gasteiger partial charge in [-0.05, 0) is 13.0 Å². The SMILES string of the molecule is COC(=O)C1COCCN1Cc1nc(C)cc(Cl)n1. The molecule has 1 unspecified atom stereocenters. The summed E-state index contributed by atoms with van der Waals surface area (Å²) >= 11 is 5.91. The molecule has 1 fully saturated rings. The maximum Gasteiger partial charge on any atom is 0.325 e. The molecule has 19 heavy (non-hydrogen) atoms. The zero-order chi connectivity index (χ0) is 13.8. The number of hydrogen-bond donors (Lipinski definition) is 0. The second-order valence-corrected chi connectivity index (χ2v) is 4.72. The zero-order valence-electron chi connectivity index (χ0n) is 10.9. The molecule has 104 valence electrons. The van der Waals surface area contributed by atoms with Crippen LogP contribution >= 0.6 is 11.6 Å². The molecule has 1 aliphatic heterocycles. The Bertz CT molecular complexity index is 449. The second kappa shape index (κ2) is 6.27. The maximum absolute atomic E-state index is 11.7. The third-order valence-corrected chi connectivity index (χ3v) is 3.12. The molecule has 0 amide bonds. The molecule has 0 aliphatic carbocycles. The van der Waals surface area contributed by atoms with Crippen molar-refractivity contribution in [3.8, 4) is 0 Å². The van der Waals surface area contributed by atoms with E-state index in [0.717, 1.165) is 5.69 Å². The van der Waals surface area contributed by atoms with Crippen LogP contribution in [0, 0.1) is 6.92 Å². The molecule has 2 rings (SSSR count). The number of morpholine rings is 1. The summed E-state index contributed by atoms with van der Waals surface area (Å²) in [7, 11) is 1.37. The molecule has 1 aromatic rings. The summed E-state index contributed by atoms with van der Waals surface area (Å²) in [5, 5.41) is 0.408. The van der Waals surface area contributed by atoms with Gasteiger partial charge in [-0.3, -0.25) is 9.69 Å². The molecule has 7 heteroatoms. The molecule has 1 aliphatic rings. The number of methoxy groups -OCH3 is 1. The van der Waals surface area contributed by atoms with Crippen LogP contribution in [0.4, 0.5) is 0 Å². The highest BCUT2D eigenvalue weighted by atomic mass is 35.5. The van der Waals surface area contributed by atoms with E-state index in [1.54, 1.807) is 6.07 Å². The van der Waals surface area contributed by atoms with E-state index in [-0.39, 0.29) is 5.97 Å². The Morgan fingerprint density at radius 2 is 2.42 bits per heavy atom. The fourth-order valence-corrected chi connectivity index (χ4v) is 2.28. The lowest BCUT2D eigenvalue weighted by atomic mass is 10.2. The number of nitrogens with zero attached hydrogens (tertiary/aromatic N) is 3. The summed E-state index contributed by atoms with van der Waals surface area (Å²) in [6.07, 6.45) is 0. The van der Waals surface area contributed by atoms with Gasteiger partial charge in [0.1, 0.15) is 17.0 Å². The van der Waals surface area contributed by atoms with Crippen molar-refractivity contribution in [1.82, 2.24) is 14.9 Å². The normalized spacial score (nSPS) is 20.3. The Hall–Kier alpha value is -1.24. The van der Waals surface area contributed by atoms with E-state index < -0.39 is 6.04 Å². The molecule has 1 saturated heterocycles. The molecule has 0 spiro atoms. The van der Waals surface area contributed by atoms with E-state index in [9.17, 15) is 4.79 Å². The minimum absolute atomic E-state index is 0.307. The third kappa shape index (κ3) is 3.62. The lowest BCUT2D eigenvalue weighted by Gasteiger charge is -2.32. The van der Waals surface area contributed by atoms with Gasteiger partial charge in [0.05, 0.1) is 26.9 Å². The van der Waals surface area contributed by atoms with Gasteiger partial charge < -0.3 is 9.47 Å².